The fraction of sp³-hybridized carbons (Fsp3) is 0.118. The fourth-order valence-electron chi connectivity index (χ4n) is 2.19. The van der Waals surface area contributed by atoms with Gasteiger partial charge in [0, 0.05) is 22.6 Å². The van der Waals surface area contributed by atoms with Crippen molar-refractivity contribution in [3.8, 4) is 16.3 Å². The average molecular weight is 327 g/mol. The Balaban J connectivity index is 2.10. The molecule has 0 atom stereocenters. The van der Waals surface area contributed by atoms with Gasteiger partial charge in [0.2, 0.25) is 0 Å². The molecule has 0 unspecified atom stereocenters. The van der Waals surface area contributed by atoms with Crippen molar-refractivity contribution in [3.63, 3.8) is 0 Å². The first kappa shape index (κ1) is 14.8. The first-order valence-electron chi connectivity index (χ1n) is 6.74. The Kier molecular flexibility index (Phi) is 4.00. The van der Waals surface area contributed by atoms with E-state index in [1.54, 1.807) is 17.4 Å². The number of hydrogen-bond donors (Lipinski definition) is 0. The maximum Gasteiger partial charge on any atom is 0.308 e. The molecule has 3 aromatic rings. The molecular formula is C17H13NO2S2. The molecule has 0 N–H and O–H groups in total. The monoisotopic (exact) mass is 327 g/mol. The molecular weight excluding hydrogens is 314 g/mol. The zero-order chi connectivity index (χ0) is 15.7. The van der Waals surface area contributed by atoms with Crippen LogP contribution in [0.1, 0.15) is 12.5 Å². The molecule has 3 nitrogen and oxygen atoms in total. The van der Waals surface area contributed by atoms with Crippen LogP contribution < -0.4 is 4.74 Å². The minimum atomic E-state index is -0.324. The van der Waals surface area contributed by atoms with Crippen LogP contribution in [0, 0.1) is 11.6 Å². The van der Waals surface area contributed by atoms with E-state index < -0.39 is 0 Å². The van der Waals surface area contributed by atoms with Gasteiger partial charge in [-0.15, -0.1) is 11.3 Å². The third kappa shape index (κ3) is 2.91. The fourth-order valence-corrected chi connectivity index (χ4v) is 3.59. The van der Waals surface area contributed by atoms with Crippen molar-refractivity contribution in [1.82, 2.24) is 4.98 Å². The summed E-state index contributed by atoms with van der Waals surface area (Å²) in [6, 6.07) is 13.6. The van der Waals surface area contributed by atoms with Gasteiger partial charge in [0.1, 0.15) is 15.4 Å². The molecule has 1 aromatic heterocycles. The highest BCUT2D eigenvalue weighted by atomic mass is 32.1. The summed E-state index contributed by atoms with van der Waals surface area (Å²) in [7, 11) is 0. The molecule has 5 heteroatoms. The number of carbonyl (C=O) groups is 1. The third-order valence-corrected chi connectivity index (χ3v) is 4.61. The highest BCUT2D eigenvalue weighted by Gasteiger charge is 2.08. The van der Waals surface area contributed by atoms with Gasteiger partial charge in [0.15, 0.2) is 0 Å². The molecule has 0 saturated carbocycles. The lowest BCUT2D eigenvalue weighted by molar-refractivity contribution is -0.131. The predicted molar refractivity (Wildman–Crippen MR) is 91.9 cm³/mol. The van der Waals surface area contributed by atoms with Crippen LogP contribution in [-0.2, 0) is 4.79 Å². The summed E-state index contributed by atoms with van der Waals surface area (Å²) >= 11 is 6.98. The number of ether oxygens (including phenoxy) is 1. The predicted octanol–water partition coefficient (Wildman–Crippen LogP) is 4.93. The lowest BCUT2D eigenvalue weighted by Gasteiger charge is -2.08. The Morgan fingerprint density at radius 2 is 2.00 bits per heavy atom. The maximum atomic E-state index is 11.1. The Morgan fingerprint density at radius 1 is 1.23 bits per heavy atom. The van der Waals surface area contributed by atoms with Gasteiger partial charge in [0.05, 0.1) is 0 Å². The number of aryl methyl sites for hydroxylation is 1. The van der Waals surface area contributed by atoms with Gasteiger partial charge in [-0.3, -0.25) is 4.79 Å². The minimum Gasteiger partial charge on any atom is -0.426 e. The van der Waals surface area contributed by atoms with Gasteiger partial charge in [0.25, 0.3) is 0 Å². The van der Waals surface area contributed by atoms with Gasteiger partial charge in [-0.2, -0.15) is 0 Å². The molecule has 0 bridgehead atoms. The van der Waals surface area contributed by atoms with Gasteiger partial charge in [-0.1, -0.05) is 30.4 Å². The van der Waals surface area contributed by atoms with Crippen LogP contribution in [0.4, 0.5) is 0 Å². The first-order chi connectivity index (χ1) is 10.5. The van der Waals surface area contributed by atoms with Crippen molar-refractivity contribution in [2.75, 3.05) is 0 Å². The van der Waals surface area contributed by atoms with E-state index in [0.29, 0.717) is 10.4 Å². The molecule has 0 radical (unpaired) electrons. The van der Waals surface area contributed by atoms with Gasteiger partial charge in [-0.25, -0.2) is 4.98 Å². The lowest BCUT2D eigenvalue weighted by Crippen LogP contribution is -2.02. The molecule has 0 aliphatic rings. The van der Waals surface area contributed by atoms with E-state index >= 15 is 0 Å². The SMILES string of the molecule is CC(=O)Oc1ccc(-c2nc(=S)c3ccccc3s2)cc1C. The number of rotatable bonds is 2. The number of esters is 1. The van der Waals surface area contributed by atoms with Crippen molar-refractivity contribution < 1.29 is 9.53 Å². The van der Waals surface area contributed by atoms with Crippen LogP contribution in [-0.4, -0.2) is 11.0 Å². The molecule has 1 heterocycles. The largest absolute Gasteiger partial charge is 0.426 e. The van der Waals surface area contributed by atoms with Gasteiger partial charge >= 0.3 is 5.97 Å². The number of fused-ring (bicyclic) bond motifs is 1. The van der Waals surface area contributed by atoms with E-state index in [-0.39, 0.29) is 5.97 Å². The number of nitrogens with zero attached hydrogens (tertiary/aromatic N) is 1. The number of hydrogen-bond acceptors (Lipinski definition) is 5. The molecule has 0 aliphatic heterocycles. The van der Waals surface area contributed by atoms with Crippen LogP contribution in [0.2, 0.25) is 0 Å². The third-order valence-electron chi connectivity index (χ3n) is 3.20. The second-order valence-electron chi connectivity index (χ2n) is 4.89. The van der Waals surface area contributed by atoms with Crippen molar-refractivity contribution in [2.45, 2.75) is 13.8 Å². The second-order valence-corrected chi connectivity index (χ2v) is 6.31. The van der Waals surface area contributed by atoms with E-state index in [1.807, 2.05) is 43.3 Å². The molecule has 0 amide bonds. The van der Waals surface area contributed by atoms with Crippen LogP contribution in [0.15, 0.2) is 42.5 Å². The van der Waals surface area contributed by atoms with Crippen molar-refractivity contribution in [2.24, 2.45) is 0 Å². The highest BCUT2D eigenvalue weighted by Crippen LogP contribution is 2.31. The standard InChI is InChI=1S/C17H13NO2S2/c1-10-9-12(7-8-14(10)20-11(2)19)17-18-16(21)13-5-3-4-6-15(13)22-17/h3-9H,1-2H3. The maximum absolute atomic E-state index is 11.1. The van der Waals surface area contributed by atoms with Gasteiger partial charge in [-0.05, 0) is 36.8 Å². The van der Waals surface area contributed by atoms with E-state index in [1.165, 1.54) is 6.92 Å². The lowest BCUT2D eigenvalue weighted by atomic mass is 10.1. The van der Waals surface area contributed by atoms with Gasteiger partial charge < -0.3 is 4.74 Å². The summed E-state index contributed by atoms with van der Waals surface area (Å²) in [4.78, 5) is 15.6. The topological polar surface area (TPSA) is 39.2 Å². The molecule has 2 aromatic carbocycles. The number of benzene rings is 2. The molecule has 0 spiro atoms. The molecule has 0 aliphatic carbocycles. The summed E-state index contributed by atoms with van der Waals surface area (Å²) in [5, 5.41) is 1.86. The Labute approximate surface area is 137 Å². The molecule has 3 rings (SSSR count). The van der Waals surface area contributed by atoms with Crippen molar-refractivity contribution in [3.05, 3.63) is 52.7 Å². The Bertz CT molecular complexity index is 931. The normalized spacial score (nSPS) is 10.6. The van der Waals surface area contributed by atoms with E-state index in [4.69, 9.17) is 17.0 Å². The molecule has 22 heavy (non-hydrogen) atoms. The summed E-state index contributed by atoms with van der Waals surface area (Å²) in [6.07, 6.45) is 0. The first-order valence-corrected chi connectivity index (χ1v) is 7.96. The van der Waals surface area contributed by atoms with Crippen LogP contribution in [0.25, 0.3) is 20.7 Å². The average Bonchev–Trinajstić information content (AvgIpc) is 2.49. The summed E-state index contributed by atoms with van der Waals surface area (Å²) in [5.74, 6) is 0.246. The number of carbonyl (C=O) groups excluding carboxylic acids is 1. The zero-order valence-corrected chi connectivity index (χ0v) is 13.8. The molecule has 0 saturated heterocycles. The van der Waals surface area contributed by atoms with E-state index in [2.05, 4.69) is 4.98 Å². The van der Waals surface area contributed by atoms with Crippen LogP contribution >= 0.6 is 23.6 Å². The van der Waals surface area contributed by atoms with Crippen molar-refractivity contribution in [1.29, 1.82) is 0 Å². The number of aromatic nitrogens is 1. The quantitative estimate of drug-likeness (QED) is 0.380. The van der Waals surface area contributed by atoms with E-state index in [0.717, 1.165) is 26.2 Å². The van der Waals surface area contributed by atoms with E-state index in [9.17, 15) is 4.79 Å². The second kappa shape index (κ2) is 5.94. The molecule has 0 fully saturated rings. The van der Waals surface area contributed by atoms with Crippen LogP contribution in [0.5, 0.6) is 5.75 Å². The summed E-state index contributed by atoms with van der Waals surface area (Å²) < 4.78 is 6.87. The Hall–Kier alpha value is -2.11. The van der Waals surface area contributed by atoms with Crippen molar-refractivity contribution >= 4 is 39.6 Å². The summed E-state index contributed by atoms with van der Waals surface area (Å²) in [5.41, 5.74) is 1.86. The minimum absolute atomic E-state index is 0.324. The van der Waals surface area contributed by atoms with Crippen LogP contribution in [0.3, 0.4) is 0 Å². The summed E-state index contributed by atoms with van der Waals surface area (Å²) in [6.45, 7) is 3.30. The highest BCUT2D eigenvalue weighted by molar-refractivity contribution is 7.71. The smallest absolute Gasteiger partial charge is 0.308 e. The Morgan fingerprint density at radius 3 is 2.73 bits per heavy atom. The molecule has 110 valence electrons. The zero-order valence-electron chi connectivity index (χ0n) is 12.1.